The molecule has 1 N–H and O–H groups in total. The highest BCUT2D eigenvalue weighted by Gasteiger charge is 2.30. The standard InChI is InChI=1S/C8H16N2/c1-6-7(8(2,3)4)10-5-9-6/h5-7H,1-4H3,(H,9,10). The van der Waals surface area contributed by atoms with Gasteiger partial charge in [0.2, 0.25) is 0 Å². The number of nitrogens with one attached hydrogen (secondary N) is 1. The SMILES string of the molecule is CC1NC=NC1C(C)(C)C. The molecule has 0 bridgehead atoms. The maximum Gasteiger partial charge on any atom is 0.0831 e. The topological polar surface area (TPSA) is 24.4 Å². The van der Waals surface area contributed by atoms with Crippen molar-refractivity contribution in [2.75, 3.05) is 0 Å². The first-order valence-electron chi connectivity index (χ1n) is 3.79. The minimum Gasteiger partial charge on any atom is -0.372 e. The van der Waals surface area contributed by atoms with Gasteiger partial charge in [-0.25, -0.2) is 0 Å². The molecule has 0 aromatic rings. The monoisotopic (exact) mass is 140 g/mol. The van der Waals surface area contributed by atoms with Crippen molar-refractivity contribution in [3.05, 3.63) is 0 Å². The van der Waals surface area contributed by atoms with Gasteiger partial charge in [0, 0.05) is 6.04 Å². The van der Waals surface area contributed by atoms with E-state index in [4.69, 9.17) is 0 Å². The summed E-state index contributed by atoms with van der Waals surface area (Å²) in [5.41, 5.74) is 0.291. The Morgan fingerprint density at radius 1 is 1.40 bits per heavy atom. The Kier molecular flexibility index (Phi) is 1.71. The first-order valence-corrected chi connectivity index (χ1v) is 3.79. The number of hydrogen-bond donors (Lipinski definition) is 1. The predicted octanol–water partition coefficient (Wildman–Crippen LogP) is 1.42. The molecule has 0 saturated carbocycles. The van der Waals surface area contributed by atoms with Crippen LogP contribution in [0.15, 0.2) is 4.99 Å². The summed E-state index contributed by atoms with van der Waals surface area (Å²) in [4.78, 5) is 4.35. The van der Waals surface area contributed by atoms with Crippen molar-refractivity contribution in [1.82, 2.24) is 5.32 Å². The van der Waals surface area contributed by atoms with Crippen molar-refractivity contribution in [3.8, 4) is 0 Å². The van der Waals surface area contributed by atoms with Gasteiger partial charge in [-0.2, -0.15) is 0 Å². The molecule has 0 aromatic heterocycles. The Morgan fingerprint density at radius 3 is 2.20 bits per heavy atom. The van der Waals surface area contributed by atoms with Crippen LogP contribution in [0.4, 0.5) is 0 Å². The van der Waals surface area contributed by atoms with E-state index >= 15 is 0 Å². The molecule has 0 amide bonds. The molecule has 0 aromatic carbocycles. The lowest BCUT2D eigenvalue weighted by Crippen LogP contribution is -2.37. The summed E-state index contributed by atoms with van der Waals surface area (Å²) in [6.45, 7) is 8.83. The van der Waals surface area contributed by atoms with E-state index < -0.39 is 0 Å². The Labute approximate surface area is 62.7 Å². The van der Waals surface area contributed by atoms with E-state index in [1.54, 1.807) is 0 Å². The highest BCUT2D eigenvalue weighted by molar-refractivity contribution is 5.58. The largest absolute Gasteiger partial charge is 0.372 e. The second-order valence-corrected chi connectivity index (χ2v) is 4.04. The van der Waals surface area contributed by atoms with Gasteiger partial charge in [-0.05, 0) is 12.3 Å². The molecule has 1 heterocycles. The van der Waals surface area contributed by atoms with Crippen LogP contribution in [0.2, 0.25) is 0 Å². The molecular formula is C8H16N2. The number of rotatable bonds is 0. The Bertz CT molecular complexity index is 144. The lowest BCUT2D eigenvalue weighted by Gasteiger charge is -2.27. The smallest absolute Gasteiger partial charge is 0.0831 e. The Hall–Kier alpha value is -0.530. The van der Waals surface area contributed by atoms with Crippen molar-refractivity contribution >= 4 is 6.34 Å². The molecule has 1 aliphatic rings. The summed E-state index contributed by atoms with van der Waals surface area (Å²) in [7, 11) is 0. The van der Waals surface area contributed by atoms with Gasteiger partial charge in [-0.1, -0.05) is 20.8 Å². The second-order valence-electron chi connectivity index (χ2n) is 4.04. The van der Waals surface area contributed by atoms with E-state index in [1.807, 2.05) is 6.34 Å². The summed E-state index contributed by atoms with van der Waals surface area (Å²) < 4.78 is 0. The maximum atomic E-state index is 4.35. The minimum atomic E-state index is 0.291. The molecule has 58 valence electrons. The minimum absolute atomic E-state index is 0.291. The zero-order valence-electron chi connectivity index (χ0n) is 7.18. The third-order valence-electron chi connectivity index (χ3n) is 1.93. The molecule has 2 unspecified atom stereocenters. The molecule has 2 atom stereocenters. The quantitative estimate of drug-likeness (QED) is 0.540. The van der Waals surface area contributed by atoms with Crippen LogP contribution in [0.1, 0.15) is 27.7 Å². The Balaban J connectivity index is 2.64. The summed E-state index contributed by atoms with van der Waals surface area (Å²) in [5, 5.41) is 3.18. The van der Waals surface area contributed by atoms with Crippen LogP contribution in [0, 0.1) is 5.41 Å². The predicted molar refractivity (Wildman–Crippen MR) is 44.3 cm³/mol. The number of nitrogens with zero attached hydrogens (tertiary/aromatic N) is 1. The normalized spacial score (nSPS) is 32.4. The first-order chi connectivity index (χ1) is 4.52. The van der Waals surface area contributed by atoms with Crippen molar-refractivity contribution in [3.63, 3.8) is 0 Å². The van der Waals surface area contributed by atoms with Crippen LogP contribution in [0.3, 0.4) is 0 Å². The van der Waals surface area contributed by atoms with Crippen LogP contribution in [0.5, 0.6) is 0 Å². The molecule has 10 heavy (non-hydrogen) atoms. The summed E-state index contributed by atoms with van der Waals surface area (Å²) in [5.74, 6) is 0. The second kappa shape index (κ2) is 2.26. The average Bonchev–Trinajstić information content (AvgIpc) is 2.11. The van der Waals surface area contributed by atoms with Gasteiger partial charge in [-0.3, -0.25) is 4.99 Å². The maximum absolute atomic E-state index is 4.35. The molecule has 0 radical (unpaired) electrons. The number of hydrogen-bond acceptors (Lipinski definition) is 2. The van der Waals surface area contributed by atoms with Crippen molar-refractivity contribution < 1.29 is 0 Å². The summed E-state index contributed by atoms with van der Waals surface area (Å²) in [6, 6.07) is 0.937. The van der Waals surface area contributed by atoms with Gasteiger partial charge in [0.1, 0.15) is 0 Å². The fourth-order valence-corrected chi connectivity index (χ4v) is 1.43. The fraction of sp³-hybridized carbons (Fsp3) is 0.875. The highest BCUT2D eigenvalue weighted by atomic mass is 15.1. The van der Waals surface area contributed by atoms with Gasteiger partial charge in [0.25, 0.3) is 0 Å². The third-order valence-corrected chi connectivity index (χ3v) is 1.93. The zero-order chi connectivity index (χ0) is 7.78. The molecule has 0 fully saturated rings. The molecule has 1 rings (SSSR count). The molecule has 1 aliphatic heterocycles. The molecule has 0 spiro atoms. The molecule has 0 saturated heterocycles. The van der Waals surface area contributed by atoms with Crippen molar-refractivity contribution in [2.45, 2.75) is 39.8 Å². The first kappa shape index (κ1) is 7.58. The van der Waals surface area contributed by atoms with Gasteiger partial charge >= 0.3 is 0 Å². The van der Waals surface area contributed by atoms with Gasteiger partial charge in [0.05, 0.1) is 12.4 Å². The third kappa shape index (κ3) is 1.31. The van der Waals surface area contributed by atoms with Gasteiger partial charge in [-0.15, -0.1) is 0 Å². The summed E-state index contributed by atoms with van der Waals surface area (Å²) >= 11 is 0. The summed E-state index contributed by atoms with van der Waals surface area (Å²) in [6.07, 6.45) is 1.82. The molecule has 0 aliphatic carbocycles. The van der Waals surface area contributed by atoms with Gasteiger partial charge in [0.15, 0.2) is 0 Å². The zero-order valence-corrected chi connectivity index (χ0v) is 7.18. The Morgan fingerprint density at radius 2 is 2.00 bits per heavy atom. The molecule has 2 nitrogen and oxygen atoms in total. The fourth-order valence-electron chi connectivity index (χ4n) is 1.43. The van der Waals surface area contributed by atoms with Crippen LogP contribution in [0.25, 0.3) is 0 Å². The van der Waals surface area contributed by atoms with Crippen LogP contribution < -0.4 is 5.32 Å². The van der Waals surface area contributed by atoms with E-state index in [1.165, 1.54) is 0 Å². The van der Waals surface area contributed by atoms with Crippen molar-refractivity contribution in [1.29, 1.82) is 0 Å². The van der Waals surface area contributed by atoms with Crippen LogP contribution in [-0.4, -0.2) is 18.4 Å². The van der Waals surface area contributed by atoms with E-state index in [9.17, 15) is 0 Å². The molecular weight excluding hydrogens is 124 g/mol. The number of aliphatic imine (C=N–C) groups is 1. The molecule has 2 heteroatoms. The average molecular weight is 140 g/mol. The van der Waals surface area contributed by atoms with E-state index in [0.717, 1.165) is 0 Å². The lowest BCUT2D eigenvalue weighted by molar-refractivity contribution is 0.295. The van der Waals surface area contributed by atoms with Crippen LogP contribution >= 0.6 is 0 Å². The van der Waals surface area contributed by atoms with Gasteiger partial charge < -0.3 is 5.32 Å². The van der Waals surface area contributed by atoms with E-state index in [0.29, 0.717) is 17.5 Å². The van der Waals surface area contributed by atoms with E-state index in [-0.39, 0.29) is 0 Å². The lowest BCUT2D eigenvalue weighted by atomic mass is 9.84. The van der Waals surface area contributed by atoms with Crippen LogP contribution in [-0.2, 0) is 0 Å². The van der Waals surface area contributed by atoms with Crippen molar-refractivity contribution in [2.24, 2.45) is 10.4 Å². The van der Waals surface area contributed by atoms with E-state index in [2.05, 4.69) is 38.0 Å². The highest BCUT2D eigenvalue weighted by Crippen LogP contribution is 2.26.